The molecule has 29 heavy (non-hydrogen) atoms. The molecule has 9 heteroatoms. The largest absolute Gasteiger partial charge is 0.481 e. The fourth-order valence-corrected chi connectivity index (χ4v) is 3.59. The van der Waals surface area contributed by atoms with Gasteiger partial charge in [0, 0.05) is 17.8 Å². The van der Waals surface area contributed by atoms with Crippen molar-refractivity contribution in [2.24, 2.45) is 0 Å². The molecule has 0 unspecified atom stereocenters. The van der Waals surface area contributed by atoms with E-state index < -0.39 is 36.6 Å². The van der Waals surface area contributed by atoms with E-state index in [1.165, 1.54) is 36.5 Å². The minimum absolute atomic E-state index is 0.0398. The molecule has 0 bridgehead atoms. The van der Waals surface area contributed by atoms with Crippen LogP contribution in [0.1, 0.15) is 46.3 Å². The van der Waals surface area contributed by atoms with Crippen molar-refractivity contribution in [3.63, 3.8) is 0 Å². The van der Waals surface area contributed by atoms with E-state index in [1.807, 2.05) is 0 Å². The zero-order valence-corrected chi connectivity index (χ0v) is 15.1. The Balaban J connectivity index is 1.79. The molecule has 152 valence electrons. The van der Waals surface area contributed by atoms with Gasteiger partial charge in [-0.15, -0.1) is 0 Å². The lowest BCUT2D eigenvalue weighted by Gasteiger charge is -2.40. The topological polar surface area (TPSA) is 79.7 Å². The Bertz CT molecular complexity index is 941. The van der Waals surface area contributed by atoms with E-state index in [9.17, 15) is 27.9 Å². The summed E-state index contributed by atoms with van der Waals surface area (Å²) in [5, 5.41) is 9.84. The molecule has 1 saturated carbocycles. The van der Waals surface area contributed by atoms with Crippen LogP contribution >= 0.6 is 0 Å². The zero-order valence-electron chi connectivity index (χ0n) is 15.1. The summed E-state index contributed by atoms with van der Waals surface area (Å²) < 4.78 is 45.3. The Morgan fingerprint density at radius 3 is 2.52 bits per heavy atom. The highest BCUT2D eigenvalue weighted by atomic mass is 19.4. The minimum atomic E-state index is -4.69. The van der Waals surface area contributed by atoms with Crippen molar-refractivity contribution in [2.75, 3.05) is 6.54 Å². The quantitative estimate of drug-likeness (QED) is 0.822. The number of alkyl halides is 3. The maximum atomic E-state index is 13.2. The van der Waals surface area contributed by atoms with E-state index in [1.54, 1.807) is 6.07 Å². The van der Waals surface area contributed by atoms with Crippen molar-refractivity contribution < 1.29 is 32.6 Å². The average molecular weight is 406 g/mol. The van der Waals surface area contributed by atoms with Crippen LogP contribution in [-0.4, -0.2) is 45.7 Å². The van der Waals surface area contributed by atoms with Crippen molar-refractivity contribution in [2.45, 2.75) is 37.1 Å². The van der Waals surface area contributed by atoms with Gasteiger partial charge < -0.3 is 14.7 Å². The Morgan fingerprint density at radius 1 is 1.21 bits per heavy atom. The number of rotatable bonds is 5. The molecule has 1 aliphatic carbocycles. The number of aliphatic carboxylic acids is 1. The number of halogens is 3. The van der Waals surface area contributed by atoms with Crippen LogP contribution in [0, 0.1) is 0 Å². The molecule has 1 N–H and O–H groups in total. The summed E-state index contributed by atoms with van der Waals surface area (Å²) in [6, 6.07) is 7.47. The summed E-state index contributed by atoms with van der Waals surface area (Å²) in [5.74, 6) is -3.23. The molecule has 2 atom stereocenters. The summed E-state index contributed by atoms with van der Waals surface area (Å²) in [6.45, 7) is -1.56. The summed E-state index contributed by atoms with van der Waals surface area (Å²) >= 11 is 0. The number of nitrogens with zero attached hydrogens (tertiary/aromatic N) is 2. The van der Waals surface area contributed by atoms with Crippen molar-refractivity contribution in [1.29, 1.82) is 0 Å². The molecule has 1 amide bonds. The average Bonchev–Trinajstić information content (AvgIpc) is 3.47. The number of pyridine rings is 1. The van der Waals surface area contributed by atoms with Crippen LogP contribution in [0.15, 0.2) is 42.6 Å². The number of ether oxygens (including phenoxy) is 1. The van der Waals surface area contributed by atoms with E-state index >= 15 is 0 Å². The molecule has 0 spiro atoms. The second-order valence-electron chi connectivity index (χ2n) is 7.14. The van der Waals surface area contributed by atoms with Gasteiger partial charge in [0.2, 0.25) is 5.88 Å². The van der Waals surface area contributed by atoms with Crippen LogP contribution in [-0.2, 0) is 4.79 Å². The van der Waals surface area contributed by atoms with Gasteiger partial charge in [0.1, 0.15) is 18.6 Å². The van der Waals surface area contributed by atoms with Gasteiger partial charge in [0.25, 0.3) is 5.91 Å². The van der Waals surface area contributed by atoms with Crippen molar-refractivity contribution >= 4 is 11.9 Å². The number of carboxylic acid groups (broad SMARTS) is 1. The van der Waals surface area contributed by atoms with Crippen molar-refractivity contribution in [3.05, 3.63) is 59.3 Å². The third kappa shape index (κ3) is 3.90. The van der Waals surface area contributed by atoms with Crippen LogP contribution in [0.5, 0.6) is 5.88 Å². The summed E-state index contributed by atoms with van der Waals surface area (Å²) in [7, 11) is 0. The maximum Gasteiger partial charge on any atom is 0.406 e. The SMILES string of the molecule is O=C(O)[C@@H]1c2ccccc2C(=O)N(CC(F)(F)F)[C@H]1c1ccc(OC2CC2)nc1. The van der Waals surface area contributed by atoms with E-state index in [0.29, 0.717) is 10.8 Å². The molecule has 2 heterocycles. The number of aromatic nitrogens is 1. The molecular formula is C20H17F3N2O4. The first-order valence-corrected chi connectivity index (χ1v) is 9.06. The summed E-state index contributed by atoms with van der Waals surface area (Å²) in [5.41, 5.74) is 0.349. The predicted molar refractivity (Wildman–Crippen MR) is 94.5 cm³/mol. The molecule has 1 aromatic carbocycles. The summed E-state index contributed by atoms with van der Waals surface area (Å²) in [6.07, 6.45) is -1.49. The molecular weight excluding hydrogens is 389 g/mol. The van der Waals surface area contributed by atoms with Gasteiger partial charge in [-0.1, -0.05) is 24.3 Å². The third-order valence-corrected chi connectivity index (χ3v) is 4.97. The second-order valence-corrected chi connectivity index (χ2v) is 7.14. The number of benzene rings is 1. The first-order valence-electron chi connectivity index (χ1n) is 9.06. The van der Waals surface area contributed by atoms with Gasteiger partial charge in [-0.05, 0) is 30.0 Å². The Labute approximate surface area is 163 Å². The Morgan fingerprint density at radius 2 is 1.93 bits per heavy atom. The number of amides is 1. The van der Waals surface area contributed by atoms with Crippen LogP contribution in [0.3, 0.4) is 0 Å². The molecule has 1 aliphatic heterocycles. The monoisotopic (exact) mass is 406 g/mol. The highest BCUT2D eigenvalue weighted by Crippen LogP contribution is 2.44. The molecule has 0 radical (unpaired) electrons. The van der Waals surface area contributed by atoms with Gasteiger partial charge in [0.15, 0.2) is 0 Å². The normalized spacial score (nSPS) is 21.6. The van der Waals surface area contributed by atoms with E-state index in [2.05, 4.69) is 4.98 Å². The van der Waals surface area contributed by atoms with E-state index in [4.69, 9.17) is 4.74 Å². The van der Waals surface area contributed by atoms with Crippen LogP contribution < -0.4 is 4.74 Å². The molecule has 2 aliphatic rings. The second kappa shape index (κ2) is 7.06. The van der Waals surface area contributed by atoms with Crippen molar-refractivity contribution in [3.8, 4) is 5.88 Å². The number of hydrogen-bond donors (Lipinski definition) is 1. The highest BCUT2D eigenvalue weighted by molar-refractivity contribution is 6.00. The lowest BCUT2D eigenvalue weighted by Crippen LogP contribution is -2.48. The van der Waals surface area contributed by atoms with Crippen LogP contribution in [0.25, 0.3) is 0 Å². The first-order chi connectivity index (χ1) is 13.7. The lowest BCUT2D eigenvalue weighted by atomic mass is 9.80. The number of carbonyl (C=O) groups excluding carboxylic acids is 1. The van der Waals surface area contributed by atoms with Gasteiger partial charge in [-0.25, -0.2) is 4.98 Å². The fourth-order valence-electron chi connectivity index (χ4n) is 3.59. The smallest absolute Gasteiger partial charge is 0.406 e. The first kappa shape index (κ1) is 19.2. The molecule has 2 aromatic rings. The third-order valence-electron chi connectivity index (χ3n) is 4.97. The van der Waals surface area contributed by atoms with Crippen LogP contribution in [0.4, 0.5) is 13.2 Å². The number of fused-ring (bicyclic) bond motifs is 1. The Kier molecular flexibility index (Phi) is 4.68. The van der Waals surface area contributed by atoms with Gasteiger partial charge >= 0.3 is 12.1 Å². The van der Waals surface area contributed by atoms with Gasteiger partial charge in [-0.2, -0.15) is 13.2 Å². The number of hydrogen-bond acceptors (Lipinski definition) is 4. The minimum Gasteiger partial charge on any atom is -0.481 e. The zero-order chi connectivity index (χ0) is 20.8. The highest BCUT2D eigenvalue weighted by Gasteiger charge is 2.48. The lowest BCUT2D eigenvalue weighted by molar-refractivity contribution is -0.153. The standard InChI is InChI=1S/C20H17F3N2O4/c21-20(22,23)10-25-17(11-5-8-15(24-9-11)29-12-6-7-12)16(19(27)28)13-3-1-2-4-14(13)18(25)26/h1-5,8-9,12,16-17H,6-7,10H2,(H,27,28)/t16-,17+/m1/s1. The van der Waals surface area contributed by atoms with Gasteiger partial charge in [-0.3, -0.25) is 9.59 Å². The number of carboxylic acids is 1. The Hall–Kier alpha value is -3.10. The van der Waals surface area contributed by atoms with Crippen LogP contribution in [0.2, 0.25) is 0 Å². The molecule has 4 rings (SSSR count). The fraction of sp³-hybridized carbons (Fsp3) is 0.350. The van der Waals surface area contributed by atoms with E-state index in [-0.39, 0.29) is 22.8 Å². The summed E-state index contributed by atoms with van der Waals surface area (Å²) in [4.78, 5) is 29.6. The molecule has 6 nitrogen and oxygen atoms in total. The van der Waals surface area contributed by atoms with Gasteiger partial charge in [0.05, 0.1) is 6.04 Å². The maximum absolute atomic E-state index is 13.2. The number of carbonyl (C=O) groups is 2. The molecule has 1 aromatic heterocycles. The predicted octanol–water partition coefficient (Wildman–Crippen LogP) is 3.55. The van der Waals surface area contributed by atoms with E-state index in [0.717, 1.165) is 12.8 Å². The molecule has 0 saturated heterocycles. The molecule has 1 fully saturated rings. The van der Waals surface area contributed by atoms with Crippen molar-refractivity contribution in [1.82, 2.24) is 9.88 Å².